The van der Waals surface area contributed by atoms with Crippen molar-refractivity contribution in [3.05, 3.63) is 42.5 Å². The van der Waals surface area contributed by atoms with Crippen molar-refractivity contribution in [3.63, 3.8) is 0 Å². The number of pyridine rings is 2. The molecular weight excluding hydrogens is 392 g/mol. The van der Waals surface area contributed by atoms with E-state index in [0.717, 1.165) is 53.8 Å². The van der Waals surface area contributed by atoms with Crippen LogP contribution >= 0.6 is 0 Å². The topological polar surface area (TPSA) is 94.0 Å². The molecule has 5 rings (SSSR count). The molecule has 5 heterocycles. The monoisotopic (exact) mass is 420 g/mol. The summed E-state index contributed by atoms with van der Waals surface area (Å²) >= 11 is 0. The summed E-state index contributed by atoms with van der Waals surface area (Å²) in [6.07, 6.45) is 7.34. The summed E-state index contributed by atoms with van der Waals surface area (Å²) in [5.74, 6) is 0.155. The SMILES string of the molecule is Cn1cc(-c2ccc3cnc(C(NC(=O)C4CCNCC4)C4(C)COC4)cc3n2)cn1. The van der Waals surface area contributed by atoms with Gasteiger partial charge >= 0.3 is 0 Å². The number of amides is 1. The molecular formula is C23H28N6O2. The van der Waals surface area contributed by atoms with Gasteiger partial charge < -0.3 is 15.4 Å². The summed E-state index contributed by atoms with van der Waals surface area (Å²) in [5, 5.41) is 11.8. The molecule has 1 unspecified atom stereocenters. The highest BCUT2D eigenvalue weighted by Crippen LogP contribution is 2.40. The second-order valence-electron chi connectivity index (χ2n) is 9.01. The summed E-state index contributed by atoms with van der Waals surface area (Å²) in [7, 11) is 1.89. The molecule has 3 aromatic heterocycles. The number of aromatic nitrogens is 4. The molecule has 8 nitrogen and oxygen atoms in total. The second kappa shape index (κ2) is 8.01. The largest absolute Gasteiger partial charge is 0.380 e. The highest BCUT2D eigenvalue weighted by atomic mass is 16.5. The first-order valence-electron chi connectivity index (χ1n) is 10.9. The van der Waals surface area contributed by atoms with Gasteiger partial charge in [0.05, 0.1) is 42.4 Å². The van der Waals surface area contributed by atoms with Crippen molar-refractivity contribution in [2.24, 2.45) is 18.4 Å². The smallest absolute Gasteiger partial charge is 0.223 e. The summed E-state index contributed by atoms with van der Waals surface area (Å²) in [5.41, 5.74) is 3.35. The van der Waals surface area contributed by atoms with Gasteiger partial charge in [0.15, 0.2) is 0 Å². The molecule has 2 aliphatic heterocycles. The number of nitrogens with zero attached hydrogens (tertiary/aromatic N) is 4. The first-order chi connectivity index (χ1) is 15.0. The number of piperidine rings is 1. The summed E-state index contributed by atoms with van der Waals surface area (Å²) in [6.45, 7) is 5.13. The Labute approximate surface area is 181 Å². The normalized spacial score (nSPS) is 19.7. The van der Waals surface area contributed by atoms with Crippen LogP contribution in [0.25, 0.3) is 22.2 Å². The van der Waals surface area contributed by atoms with Crippen molar-refractivity contribution < 1.29 is 9.53 Å². The van der Waals surface area contributed by atoms with Crippen LogP contribution in [0.5, 0.6) is 0 Å². The van der Waals surface area contributed by atoms with Gasteiger partial charge in [-0.25, -0.2) is 4.98 Å². The van der Waals surface area contributed by atoms with Gasteiger partial charge in [0.1, 0.15) is 0 Å². The molecule has 8 heteroatoms. The molecule has 2 saturated heterocycles. The van der Waals surface area contributed by atoms with Crippen molar-refractivity contribution >= 4 is 16.8 Å². The van der Waals surface area contributed by atoms with Crippen LogP contribution in [0.3, 0.4) is 0 Å². The van der Waals surface area contributed by atoms with Crippen molar-refractivity contribution in [1.29, 1.82) is 0 Å². The molecule has 1 amide bonds. The zero-order valence-electron chi connectivity index (χ0n) is 18.0. The van der Waals surface area contributed by atoms with Gasteiger partial charge in [0, 0.05) is 41.7 Å². The molecule has 0 aromatic carbocycles. The fraction of sp³-hybridized carbons (Fsp3) is 0.478. The maximum atomic E-state index is 13.0. The standard InChI is InChI=1S/C23H28N6O2/c1-23(13-31-14-23)21(28-22(30)15-5-7-24-8-6-15)20-9-19-16(10-25-20)3-4-18(27-19)17-11-26-29(2)12-17/h3-4,9-12,15,21,24H,5-8,13-14H2,1-2H3,(H,28,30). The first-order valence-corrected chi connectivity index (χ1v) is 10.9. The highest BCUT2D eigenvalue weighted by molar-refractivity contribution is 5.82. The van der Waals surface area contributed by atoms with Crippen LogP contribution in [0.15, 0.2) is 36.8 Å². The average Bonchev–Trinajstić information content (AvgIpc) is 3.22. The molecule has 2 aliphatic rings. The predicted molar refractivity (Wildman–Crippen MR) is 117 cm³/mol. The lowest BCUT2D eigenvalue weighted by Crippen LogP contribution is -2.52. The fourth-order valence-electron chi connectivity index (χ4n) is 4.44. The molecule has 162 valence electrons. The van der Waals surface area contributed by atoms with Crippen LogP contribution in [-0.2, 0) is 16.6 Å². The molecule has 3 aromatic rings. The number of ether oxygens (including phenoxy) is 1. The Kier molecular flexibility index (Phi) is 5.19. The molecule has 0 bridgehead atoms. The van der Waals surface area contributed by atoms with E-state index in [0.29, 0.717) is 13.2 Å². The van der Waals surface area contributed by atoms with E-state index >= 15 is 0 Å². The van der Waals surface area contributed by atoms with Crippen molar-refractivity contribution in [3.8, 4) is 11.3 Å². The molecule has 0 radical (unpaired) electrons. The van der Waals surface area contributed by atoms with E-state index in [1.807, 2.05) is 43.8 Å². The maximum Gasteiger partial charge on any atom is 0.223 e. The van der Waals surface area contributed by atoms with Crippen molar-refractivity contribution in [1.82, 2.24) is 30.4 Å². The van der Waals surface area contributed by atoms with Crippen molar-refractivity contribution in [2.45, 2.75) is 25.8 Å². The third kappa shape index (κ3) is 3.93. The number of carbonyl (C=O) groups is 1. The Morgan fingerprint density at radius 1 is 1.29 bits per heavy atom. The van der Waals surface area contributed by atoms with Gasteiger partial charge in [-0.1, -0.05) is 6.92 Å². The van der Waals surface area contributed by atoms with E-state index in [1.165, 1.54) is 0 Å². The lowest BCUT2D eigenvalue weighted by atomic mass is 9.78. The molecule has 2 N–H and O–H groups in total. The molecule has 0 saturated carbocycles. The minimum absolute atomic E-state index is 0.0455. The summed E-state index contributed by atoms with van der Waals surface area (Å²) in [6, 6.07) is 5.81. The van der Waals surface area contributed by atoms with Gasteiger partial charge in [0.2, 0.25) is 5.91 Å². The Bertz CT molecular complexity index is 1100. The zero-order chi connectivity index (χ0) is 21.4. The molecule has 31 heavy (non-hydrogen) atoms. The van der Waals surface area contributed by atoms with E-state index < -0.39 is 0 Å². The van der Waals surface area contributed by atoms with Crippen LogP contribution < -0.4 is 10.6 Å². The Balaban J connectivity index is 1.47. The van der Waals surface area contributed by atoms with Gasteiger partial charge in [-0.15, -0.1) is 0 Å². The predicted octanol–water partition coefficient (Wildman–Crippen LogP) is 2.22. The van der Waals surface area contributed by atoms with Crippen LogP contribution in [0.4, 0.5) is 0 Å². The first kappa shape index (κ1) is 20.1. The number of nitrogens with one attached hydrogen (secondary N) is 2. The number of carbonyl (C=O) groups excluding carboxylic acids is 1. The number of fused-ring (bicyclic) bond motifs is 1. The quantitative estimate of drug-likeness (QED) is 0.657. The van der Waals surface area contributed by atoms with Crippen LogP contribution in [0.2, 0.25) is 0 Å². The van der Waals surface area contributed by atoms with Gasteiger partial charge in [-0.05, 0) is 44.1 Å². The Hall–Kier alpha value is -2.84. The minimum Gasteiger partial charge on any atom is -0.380 e. The van der Waals surface area contributed by atoms with Gasteiger partial charge in [-0.3, -0.25) is 14.5 Å². The van der Waals surface area contributed by atoms with Gasteiger partial charge in [0.25, 0.3) is 0 Å². The average molecular weight is 421 g/mol. The Morgan fingerprint density at radius 3 is 2.77 bits per heavy atom. The summed E-state index contributed by atoms with van der Waals surface area (Å²) in [4.78, 5) is 22.6. The lowest BCUT2D eigenvalue weighted by molar-refractivity contribution is -0.140. The third-order valence-corrected chi connectivity index (χ3v) is 6.45. The maximum absolute atomic E-state index is 13.0. The van der Waals surface area contributed by atoms with Crippen LogP contribution in [-0.4, -0.2) is 52.0 Å². The summed E-state index contributed by atoms with van der Waals surface area (Å²) < 4.78 is 7.29. The van der Waals surface area contributed by atoms with E-state index in [2.05, 4.69) is 22.7 Å². The van der Waals surface area contributed by atoms with E-state index in [4.69, 9.17) is 14.7 Å². The minimum atomic E-state index is -0.211. The number of aryl methyl sites for hydroxylation is 1. The zero-order valence-corrected chi connectivity index (χ0v) is 18.0. The molecule has 1 atom stereocenters. The number of hydrogen-bond donors (Lipinski definition) is 2. The third-order valence-electron chi connectivity index (χ3n) is 6.45. The van der Waals surface area contributed by atoms with E-state index in [1.54, 1.807) is 4.68 Å². The molecule has 2 fully saturated rings. The lowest BCUT2D eigenvalue weighted by Gasteiger charge is -2.44. The second-order valence-corrected chi connectivity index (χ2v) is 9.01. The fourth-order valence-corrected chi connectivity index (χ4v) is 4.44. The molecule has 0 aliphatic carbocycles. The number of hydrogen-bond acceptors (Lipinski definition) is 6. The Morgan fingerprint density at radius 2 is 2.10 bits per heavy atom. The van der Waals surface area contributed by atoms with E-state index in [-0.39, 0.29) is 23.3 Å². The molecule has 0 spiro atoms. The van der Waals surface area contributed by atoms with Crippen LogP contribution in [0, 0.1) is 11.3 Å². The number of rotatable bonds is 5. The van der Waals surface area contributed by atoms with Crippen LogP contribution in [0.1, 0.15) is 31.5 Å². The van der Waals surface area contributed by atoms with Gasteiger partial charge in [-0.2, -0.15) is 5.10 Å². The van der Waals surface area contributed by atoms with Crippen molar-refractivity contribution in [2.75, 3.05) is 26.3 Å². The highest BCUT2D eigenvalue weighted by Gasteiger charge is 2.44. The van der Waals surface area contributed by atoms with E-state index in [9.17, 15) is 4.79 Å².